The van der Waals surface area contributed by atoms with Gasteiger partial charge in [-0.1, -0.05) is 42.5 Å². The Kier molecular flexibility index (Phi) is 10.1. The summed E-state index contributed by atoms with van der Waals surface area (Å²) in [4.78, 5) is 31.7. The van der Waals surface area contributed by atoms with Crippen molar-refractivity contribution in [2.75, 3.05) is 45.9 Å². The molecule has 0 spiro atoms. The van der Waals surface area contributed by atoms with Gasteiger partial charge in [0.05, 0.1) is 6.21 Å². The lowest BCUT2D eigenvalue weighted by Gasteiger charge is -2.34. The predicted octanol–water partition coefficient (Wildman–Crippen LogP) is 4.16. The van der Waals surface area contributed by atoms with E-state index >= 15 is 0 Å². The summed E-state index contributed by atoms with van der Waals surface area (Å²) >= 11 is 0. The highest BCUT2D eigenvalue weighted by molar-refractivity contribution is 5.94. The van der Waals surface area contributed by atoms with Crippen LogP contribution in [0.2, 0.25) is 0 Å². The Labute approximate surface area is 242 Å². The van der Waals surface area contributed by atoms with Crippen LogP contribution < -0.4 is 10.2 Å². The highest BCUT2D eigenvalue weighted by Crippen LogP contribution is 2.14. The maximum atomic E-state index is 12.6. The third kappa shape index (κ3) is 8.74. The number of piperidine rings is 1. The molecule has 8 heteroatoms. The summed E-state index contributed by atoms with van der Waals surface area (Å²) in [6, 6.07) is 25.6. The van der Waals surface area contributed by atoms with Crippen LogP contribution in [0.15, 0.2) is 84.0 Å². The van der Waals surface area contributed by atoms with Crippen molar-refractivity contribution in [3.8, 4) is 5.75 Å². The van der Waals surface area contributed by atoms with Crippen LogP contribution in [0.3, 0.4) is 0 Å². The number of carbonyl (C=O) groups excluding carboxylic acids is 2. The van der Waals surface area contributed by atoms with Gasteiger partial charge in [-0.3, -0.25) is 19.4 Å². The van der Waals surface area contributed by atoms with Crippen molar-refractivity contribution in [2.24, 2.45) is 5.10 Å². The van der Waals surface area contributed by atoms with Crippen LogP contribution in [0.1, 0.15) is 46.3 Å². The average Bonchev–Trinajstić information content (AvgIpc) is 3.03. The number of amides is 2. The quantitative estimate of drug-likeness (QED) is 0.301. The molecule has 0 radical (unpaired) electrons. The minimum Gasteiger partial charge on any atom is -0.484 e. The molecule has 8 nitrogen and oxygen atoms in total. The van der Waals surface area contributed by atoms with E-state index < -0.39 is 0 Å². The Morgan fingerprint density at radius 1 is 0.732 bits per heavy atom. The number of benzene rings is 3. The molecule has 2 fully saturated rings. The molecular formula is C33H39N5O3. The standard InChI is InChI=1S/C33H39N5O3/c39-32(38-17-5-2-6-18-38)26-41-31-15-11-27(12-16-31)23-34-35-33(40)30-13-9-29(10-14-30)25-37-21-19-36(20-22-37)24-28-7-3-1-4-8-28/h1,3-4,7-16,23H,2,5-6,17-22,24-26H2,(H,35,40)/b34-23+. The van der Waals surface area contributed by atoms with E-state index in [1.54, 1.807) is 18.3 Å². The summed E-state index contributed by atoms with van der Waals surface area (Å²) in [6.45, 7) is 7.76. The van der Waals surface area contributed by atoms with Crippen LogP contribution in [0.4, 0.5) is 0 Å². The highest BCUT2D eigenvalue weighted by Gasteiger charge is 2.18. The molecule has 2 heterocycles. The van der Waals surface area contributed by atoms with Crippen LogP contribution in [0.5, 0.6) is 5.75 Å². The highest BCUT2D eigenvalue weighted by atomic mass is 16.5. The Hall–Kier alpha value is -4.01. The zero-order valence-corrected chi connectivity index (χ0v) is 23.6. The molecule has 2 aliphatic rings. The molecule has 3 aromatic rings. The molecule has 2 amide bonds. The number of hydrogen-bond acceptors (Lipinski definition) is 6. The Morgan fingerprint density at radius 3 is 1.98 bits per heavy atom. The second-order valence-electron chi connectivity index (χ2n) is 10.7. The molecule has 0 bridgehead atoms. The first-order valence-corrected chi connectivity index (χ1v) is 14.5. The van der Waals surface area contributed by atoms with Crippen molar-refractivity contribution in [1.29, 1.82) is 0 Å². The predicted molar refractivity (Wildman–Crippen MR) is 161 cm³/mol. The van der Waals surface area contributed by atoms with Crippen LogP contribution in [0, 0.1) is 0 Å². The van der Waals surface area contributed by atoms with Gasteiger partial charge in [-0.25, -0.2) is 5.43 Å². The van der Waals surface area contributed by atoms with E-state index in [0.717, 1.165) is 70.8 Å². The number of ether oxygens (including phenoxy) is 1. The number of carbonyl (C=O) groups is 2. The molecule has 41 heavy (non-hydrogen) atoms. The fraction of sp³-hybridized carbons (Fsp3) is 0.364. The van der Waals surface area contributed by atoms with Gasteiger partial charge in [0, 0.05) is 57.9 Å². The van der Waals surface area contributed by atoms with Crippen LogP contribution >= 0.6 is 0 Å². The fourth-order valence-corrected chi connectivity index (χ4v) is 5.23. The summed E-state index contributed by atoms with van der Waals surface area (Å²) in [5, 5.41) is 4.10. The Bertz CT molecular complexity index is 1280. The first-order valence-electron chi connectivity index (χ1n) is 14.5. The van der Waals surface area contributed by atoms with E-state index in [-0.39, 0.29) is 18.4 Å². The molecule has 214 valence electrons. The lowest BCUT2D eigenvalue weighted by molar-refractivity contribution is -0.134. The largest absolute Gasteiger partial charge is 0.484 e. The lowest BCUT2D eigenvalue weighted by atomic mass is 10.1. The average molecular weight is 554 g/mol. The number of nitrogens with one attached hydrogen (secondary N) is 1. The molecule has 5 rings (SSSR count). The summed E-state index contributed by atoms with van der Waals surface area (Å²) < 4.78 is 5.65. The Balaban J connectivity index is 1.01. The topological polar surface area (TPSA) is 77.5 Å². The van der Waals surface area contributed by atoms with Gasteiger partial charge in [0.25, 0.3) is 11.8 Å². The molecule has 0 unspecified atom stereocenters. The maximum Gasteiger partial charge on any atom is 0.271 e. The first kappa shape index (κ1) is 28.5. The summed E-state index contributed by atoms with van der Waals surface area (Å²) in [5.74, 6) is 0.410. The minimum atomic E-state index is -0.251. The molecule has 0 aromatic heterocycles. The monoisotopic (exact) mass is 553 g/mol. The van der Waals surface area contributed by atoms with Gasteiger partial charge >= 0.3 is 0 Å². The van der Waals surface area contributed by atoms with E-state index in [4.69, 9.17) is 4.74 Å². The SMILES string of the molecule is O=C(N/N=C/c1ccc(OCC(=O)N2CCCCC2)cc1)c1ccc(CN2CCN(Cc3ccccc3)CC2)cc1. The van der Waals surface area contributed by atoms with Gasteiger partial charge in [-0.15, -0.1) is 0 Å². The second-order valence-corrected chi connectivity index (χ2v) is 10.7. The summed E-state index contributed by atoms with van der Waals surface area (Å²) in [6.07, 6.45) is 4.91. The number of rotatable bonds is 10. The number of hydrazone groups is 1. The number of hydrogen-bond donors (Lipinski definition) is 1. The molecule has 1 N–H and O–H groups in total. The fourth-order valence-electron chi connectivity index (χ4n) is 5.23. The van der Waals surface area contributed by atoms with Crippen LogP contribution in [0.25, 0.3) is 0 Å². The zero-order valence-electron chi connectivity index (χ0n) is 23.6. The second kappa shape index (κ2) is 14.6. The summed E-state index contributed by atoms with van der Waals surface area (Å²) in [7, 11) is 0. The molecule has 2 aliphatic heterocycles. The van der Waals surface area contributed by atoms with Gasteiger partial charge < -0.3 is 9.64 Å². The maximum absolute atomic E-state index is 12.6. The number of likely N-dealkylation sites (tertiary alicyclic amines) is 1. The Morgan fingerprint density at radius 2 is 1.34 bits per heavy atom. The minimum absolute atomic E-state index is 0.0310. The van der Waals surface area contributed by atoms with Gasteiger partial charge in [0.15, 0.2) is 6.61 Å². The van der Waals surface area contributed by atoms with Crippen molar-refractivity contribution >= 4 is 18.0 Å². The van der Waals surface area contributed by atoms with E-state index in [1.807, 2.05) is 41.3 Å². The van der Waals surface area contributed by atoms with E-state index in [0.29, 0.717) is 11.3 Å². The molecular weight excluding hydrogens is 514 g/mol. The lowest BCUT2D eigenvalue weighted by Crippen LogP contribution is -2.45. The smallest absolute Gasteiger partial charge is 0.271 e. The molecule has 0 saturated carbocycles. The van der Waals surface area contributed by atoms with Gasteiger partial charge in [0.1, 0.15) is 5.75 Å². The van der Waals surface area contributed by atoms with Crippen LogP contribution in [-0.4, -0.2) is 78.6 Å². The normalized spacial score (nSPS) is 16.5. The number of piperazine rings is 1. The van der Waals surface area contributed by atoms with Gasteiger partial charge in [-0.05, 0) is 72.4 Å². The van der Waals surface area contributed by atoms with Crippen molar-refractivity contribution in [1.82, 2.24) is 20.1 Å². The van der Waals surface area contributed by atoms with E-state index in [2.05, 4.69) is 50.7 Å². The van der Waals surface area contributed by atoms with Crippen molar-refractivity contribution in [2.45, 2.75) is 32.4 Å². The zero-order chi connectivity index (χ0) is 28.3. The number of nitrogens with zero attached hydrogens (tertiary/aromatic N) is 4. The van der Waals surface area contributed by atoms with Gasteiger partial charge in [-0.2, -0.15) is 5.10 Å². The molecule has 0 atom stereocenters. The van der Waals surface area contributed by atoms with E-state index in [1.165, 1.54) is 17.5 Å². The van der Waals surface area contributed by atoms with E-state index in [9.17, 15) is 9.59 Å². The van der Waals surface area contributed by atoms with Crippen molar-refractivity contribution in [3.05, 3.63) is 101 Å². The molecule has 3 aromatic carbocycles. The van der Waals surface area contributed by atoms with Crippen molar-refractivity contribution < 1.29 is 14.3 Å². The first-order chi connectivity index (χ1) is 20.1. The molecule has 0 aliphatic carbocycles. The summed E-state index contributed by atoms with van der Waals surface area (Å²) in [5.41, 5.74) is 6.54. The third-order valence-electron chi connectivity index (χ3n) is 7.67. The van der Waals surface area contributed by atoms with Crippen molar-refractivity contribution in [3.63, 3.8) is 0 Å². The van der Waals surface area contributed by atoms with Gasteiger partial charge in [0.2, 0.25) is 0 Å². The van der Waals surface area contributed by atoms with Crippen LogP contribution in [-0.2, 0) is 17.9 Å². The third-order valence-corrected chi connectivity index (χ3v) is 7.67. The molecule has 2 saturated heterocycles.